The van der Waals surface area contributed by atoms with Crippen LogP contribution in [0.1, 0.15) is 11.1 Å². The zero-order valence-corrected chi connectivity index (χ0v) is 22.3. The Morgan fingerprint density at radius 2 is 1.12 bits per heavy atom. The topological polar surface area (TPSA) is 132 Å². The van der Waals surface area contributed by atoms with Crippen molar-refractivity contribution in [3.05, 3.63) is 47.5 Å². The van der Waals surface area contributed by atoms with Crippen LogP contribution in [0.15, 0.2) is 36.4 Å². The van der Waals surface area contributed by atoms with Gasteiger partial charge in [-0.15, -0.1) is 0 Å². The molecule has 0 aliphatic carbocycles. The minimum atomic E-state index is -1.13. The van der Waals surface area contributed by atoms with Crippen LogP contribution in [0, 0.1) is 0 Å². The van der Waals surface area contributed by atoms with Crippen molar-refractivity contribution in [1.82, 2.24) is 0 Å². The maximum atomic E-state index is 10.6. The Morgan fingerprint density at radius 1 is 0.769 bits per heavy atom. The first kappa shape index (κ1) is 26.1. The van der Waals surface area contributed by atoms with E-state index in [9.17, 15) is 19.8 Å². The Balaban J connectivity index is 0.00000312. The molecule has 0 aliphatic heterocycles. The molecule has 2 aromatic carbocycles. The van der Waals surface area contributed by atoms with Crippen molar-refractivity contribution in [3.63, 3.8) is 0 Å². The molecule has 0 amide bonds. The number of benzene rings is 2. The van der Waals surface area contributed by atoms with Crippen LogP contribution in [0.25, 0.3) is 0 Å². The van der Waals surface area contributed by atoms with Gasteiger partial charge in [-0.1, -0.05) is 0 Å². The fourth-order valence-electron chi connectivity index (χ4n) is 2.05. The Labute approximate surface area is 206 Å². The van der Waals surface area contributed by atoms with Crippen LogP contribution in [-0.2, 0) is 22.4 Å². The predicted octanol–water partition coefficient (Wildman–Crippen LogP) is -9.28. The average molecular weight is 494 g/mol. The number of hydrogen-bond acceptors (Lipinski definition) is 6. The number of rotatable bonds is 6. The molecule has 0 aromatic heterocycles. The minimum Gasteiger partial charge on any atom is 1.00 e. The molecule has 0 saturated heterocycles. The molecule has 124 valence electrons. The second kappa shape index (κ2) is 12.5. The second-order valence-corrected chi connectivity index (χ2v) is 12.3. The SMILES string of the molecule is Nc1cc(CC(=O)[O-])ccc1[As]=[As]c1ccc(CC(=O)[O-])cc1N.[Na+].[Na+]. The van der Waals surface area contributed by atoms with Gasteiger partial charge in [-0.2, -0.15) is 0 Å². The number of carbonyl (C=O) groups is 2. The fourth-order valence-corrected chi connectivity index (χ4v) is 10.2. The van der Waals surface area contributed by atoms with Crippen molar-refractivity contribution < 1.29 is 78.9 Å². The molecule has 0 unspecified atom stereocenters. The maximum absolute atomic E-state index is 10.6. The molecular weight excluding hydrogens is 480 g/mol. The maximum Gasteiger partial charge on any atom is 1.00 e. The van der Waals surface area contributed by atoms with Gasteiger partial charge in [0.2, 0.25) is 0 Å². The number of anilines is 2. The molecule has 6 nitrogen and oxygen atoms in total. The molecule has 4 N–H and O–H groups in total. The summed E-state index contributed by atoms with van der Waals surface area (Å²) in [5.41, 5.74) is 14.4. The number of hydrogen-bond donors (Lipinski definition) is 2. The first-order chi connectivity index (χ1) is 11.3. The summed E-state index contributed by atoms with van der Waals surface area (Å²) < 4.78 is 2.07. The van der Waals surface area contributed by atoms with Crippen molar-refractivity contribution in [1.29, 1.82) is 0 Å². The zero-order chi connectivity index (χ0) is 17.7. The van der Waals surface area contributed by atoms with Crippen LogP contribution in [0.4, 0.5) is 11.4 Å². The summed E-state index contributed by atoms with van der Waals surface area (Å²) in [6.07, 6.45) is -0.303. The van der Waals surface area contributed by atoms with Crippen LogP contribution in [-0.4, -0.2) is 38.2 Å². The Hall–Kier alpha value is 0.0969. The molecule has 0 bridgehead atoms. The van der Waals surface area contributed by atoms with Gasteiger partial charge in [-0.25, -0.2) is 0 Å². The quantitative estimate of drug-likeness (QED) is 0.303. The van der Waals surface area contributed by atoms with E-state index in [1.54, 1.807) is 24.3 Å². The number of carboxylic acids is 2. The first-order valence-electron chi connectivity index (χ1n) is 6.93. The van der Waals surface area contributed by atoms with E-state index >= 15 is 0 Å². The third-order valence-electron chi connectivity index (χ3n) is 3.15. The molecule has 2 rings (SSSR count). The molecule has 0 spiro atoms. The van der Waals surface area contributed by atoms with Crippen molar-refractivity contribution in [2.75, 3.05) is 11.5 Å². The Morgan fingerprint density at radius 3 is 1.38 bits per heavy atom. The van der Waals surface area contributed by atoms with Crippen LogP contribution in [0.2, 0.25) is 0 Å². The average Bonchev–Trinajstić information content (AvgIpc) is 2.46. The first-order valence-corrected chi connectivity index (χ1v) is 14.0. The minimum absolute atomic E-state index is 0. The monoisotopic (exact) mass is 494 g/mol. The molecule has 0 heterocycles. The summed E-state index contributed by atoms with van der Waals surface area (Å²) in [7, 11) is 0. The normalized spacial score (nSPS) is 10.0. The molecule has 26 heavy (non-hydrogen) atoms. The van der Waals surface area contributed by atoms with Gasteiger partial charge in [0.15, 0.2) is 0 Å². The largest absolute Gasteiger partial charge is 1.00 e. The van der Waals surface area contributed by atoms with E-state index in [1.165, 1.54) is 0 Å². The van der Waals surface area contributed by atoms with Gasteiger partial charge >= 0.3 is 209 Å². The van der Waals surface area contributed by atoms with Gasteiger partial charge in [0.1, 0.15) is 0 Å². The van der Waals surface area contributed by atoms with Gasteiger partial charge < -0.3 is 0 Å². The van der Waals surface area contributed by atoms with Crippen LogP contribution in [0.5, 0.6) is 0 Å². The van der Waals surface area contributed by atoms with Gasteiger partial charge in [0, 0.05) is 0 Å². The molecule has 0 saturated carbocycles. The van der Waals surface area contributed by atoms with E-state index in [2.05, 4.69) is 0 Å². The van der Waals surface area contributed by atoms with E-state index in [1.807, 2.05) is 12.1 Å². The van der Waals surface area contributed by atoms with Crippen molar-refractivity contribution in [2.24, 2.45) is 0 Å². The molecule has 10 heteroatoms. The zero-order valence-electron chi connectivity index (χ0n) is 14.6. The number of nitrogens with two attached hydrogens (primary N) is 2. The summed E-state index contributed by atoms with van der Waals surface area (Å²) >= 11 is -0.387. The van der Waals surface area contributed by atoms with Crippen molar-refractivity contribution >= 4 is 58.3 Å². The Bertz CT molecular complexity index is 764. The summed E-state index contributed by atoms with van der Waals surface area (Å²) in [5, 5.41) is 21.2. The van der Waals surface area contributed by atoms with Gasteiger partial charge in [-0.3, -0.25) is 0 Å². The molecule has 0 radical (unpaired) electrons. The molecule has 2 aromatic rings. The van der Waals surface area contributed by atoms with Crippen LogP contribution < -0.4 is 89.5 Å². The van der Waals surface area contributed by atoms with Crippen molar-refractivity contribution in [2.45, 2.75) is 12.8 Å². The summed E-state index contributed by atoms with van der Waals surface area (Å²) in [4.78, 5) is 21.2. The second-order valence-electron chi connectivity index (χ2n) is 5.08. The molecule has 0 aliphatic rings. The third kappa shape index (κ3) is 8.41. The van der Waals surface area contributed by atoms with E-state index in [0.717, 1.165) is 8.70 Å². The summed E-state index contributed by atoms with van der Waals surface area (Å²) in [5.74, 6) is -2.27. The fraction of sp³-hybridized carbons (Fsp3) is 0.125. The van der Waals surface area contributed by atoms with E-state index in [0.29, 0.717) is 22.5 Å². The number of aliphatic carboxylic acids is 2. The van der Waals surface area contributed by atoms with E-state index in [4.69, 9.17) is 11.5 Å². The van der Waals surface area contributed by atoms with Crippen molar-refractivity contribution in [3.8, 4) is 0 Å². The Kier molecular flexibility index (Phi) is 12.6. The standard InChI is InChI=1S/C16H16As2N2O4.2Na/c19-13-5-9(7-15(21)22)1-3-11(13)17-18-12-4-2-10(6-14(12)20)8-16(23)24;;/h1-6H,7-8,19-20H2,(H,21,22)(H,23,24);;/q;2*+1/p-2. The van der Waals surface area contributed by atoms with Gasteiger partial charge in [0.05, 0.1) is 0 Å². The van der Waals surface area contributed by atoms with Crippen LogP contribution >= 0.6 is 0 Å². The predicted molar refractivity (Wildman–Crippen MR) is 89.9 cm³/mol. The van der Waals surface area contributed by atoms with E-state index in [-0.39, 0.29) is 98.2 Å². The number of nitrogen functional groups attached to an aromatic ring is 2. The number of carbonyl (C=O) groups excluding carboxylic acids is 2. The van der Waals surface area contributed by atoms with Gasteiger partial charge in [0.25, 0.3) is 0 Å². The number of carboxylic acid groups (broad SMARTS) is 2. The molecule has 0 atom stereocenters. The summed E-state index contributed by atoms with van der Waals surface area (Å²) in [6.45, 7) is 0. The van der Waals surface area contributed by atoms with Crippen LogP contribution in [0.3, 0.4) is 0 Å². The molecular formula is C16H14As2N2Na2O4. The smallest absolute Gasteiger partial charge is 1.00 e. The summed E-state index contributed by atoms with van der Waals surface area (Å²) in [6, 6.07) is 10.6. The third-order valence-corrected chi connectivity index (χ3v) is 11.8. The molecule has 0 fully saturated rings. The van der Waals surface area contributed by atoms with Gasteiger partial charge in [-0.05, 0) is 0 Å². The van der Waals surface area contributed by atoms with E-state index < -0.39 is 11.9 Å².